The standard InChI is InChI=1S/C19H23N3O7S/c1-6-28-19(27)14-10(4)13(18(26)29-9(2)3)16(30-14)21-15(23)12-7-8-20-22(12)11(5)17(24)25/h7-9,11H,6H2,1-5H3,(H,21,23)(H,24,25). The summed E-state index contributed by atoms with van der Waals surface area (Å²) in [5.74, 6) is -3.16. The van der Waals surface area contributed by atoms with Gasteiger partial charge >= 0.3 is 17.9 Å². The van der Waals surface area contributed by atoms with E-state index >= 15 is 0 Å². The molecule has 0 radical (unpaired) electrons. The molecule has 0 spiro atoms. The molecule has 1 atom stereocenters. The normalized spacial score (nSPS) is 11.8. The Labute approximate surface area is 176 Å². The second kappa shape index (κ2) is 9.53. The van der Waals surface area contributed by atoms with E-state index in [0.717, 1.165) is 16.0 Å². The minimum atomic E-state index is -1.16. The molecule has 2 heterocycles. The lowest BCUT2D eigenvalue weighted by molar-refractivity contribution is -0.140. The smallest absolute Gasteiger partial charge is 0.348 e. The summed E-state index contributed by atoms with van der Waals surface area (Å²) in [6, 6.07) is 0.277. The quantitative estimate of drug-likeness (QED) is 0.602. The van der Waals surface area contributed by atoms with Crippen molar-refractivity contribution < 1.29 is 33.8 Å². The number of hydrogen-bond acceptors (Lipinski definition) is 8. The first kappa shape index (κ1) is 23.1. The number of carboxylic acid groups (broad SMARTS) is 1. The highest BCUT2D eigenvalue weighted by Crippen LogP contribution is 2.35. The minimum absolute atomic E-state index is 0.0168. The number of anilines is 1. The highest BCUT2D eigenvalue weighted by atomic mass is 32.1. The van der Waals surface area contributed by atoms with E-state index in [1.54, 1.807) is 27.7 Å². The first-order chi connectivity index (χ1) is 14.1. The van der Waals surface area contributed by atoms with Gasteiger partial charge in [-0.2, -0.15) is 5.10 Å². The number of carbonyl (C=O) groups is 4. The highest BCUT2D eigenvalue weighted by molar-refractivity contribution is 7.18. The van der Waals surface area contributed by atoms with Crippen LogP contribution in [0.3, 0.4) is 0 Å². The lowest BCUT2D eigenvalue weighted by Gasteiger charge is -2.12. The molecule has 0 saturated carbocycles. The van der Waals surface area contributed by atoms with Crippen molar-refractivity contribution in [3.8, 4) is 0 Å². The van der Waals surface area contributed by atoms with Crippen LogP contribution in [0.1, 0.15) is 69.8 Å². The number of rotatable bonds is 8. The van der Waals surface area contributed by atoms with Crippen molar-refractivity contribution >= 4 is 40.2 Å². The van der Waals surface area contributed by atoms with Crippen molar-refractivity contribution in [1.29, 1.82) is 0 Å². The first-order valence-electron chi connectivity index (χ1n) is 9.17. The largest absolute Gasteiger partial charge is 0.480 e. The summed E-state index contributed by atoms with van der Waals surface area (Å²) in [5, 5.41) is 15.8. The molecule has 10 nitrogen and oxygen atoms in total. The summed E-state index contributed by atoms with van der Waals surface area (Å²) in [5.41, 5.74) is 0.353. The van der Waals surface area contributed by atoms with Crippen LogP contribution in [0.15, 0.2) is 12.3 Å². The van der Waals surface area contributed by atoms with Gasteiger partial charge in [0.2, 0.25) is 0 Å². The van der Waals surface area contributed by atoms with Gasteiger partial charge < -0.3 is 19.9 Å². The molecule has 30 heavy (non-hydrogen) atoms. The Balaban J connectivity index is 2.45. The van der Waals surface area contributed by atoms with E-state index in [0.29, 0.717) is 5.56 Å². The third-order valence-corrected chi connectivity index (χ3v) is 5.20. The van der Waals surface area contributed by atoms with E-state index in [1.165, 1.54) is 19.2 Å². The summed E-state index contributed by atoms with van der Waals surface area (Å²) >= 11 is 0.882. The molecule has 0 aliphatic rings. The molecule has 2 N–H and O–H groups in total. The number of ether oxygens (including phenoxy) is 2. The number of amides is 1. The number of carbonyl (C=O) groups excluding carboxylic acids is 3. The summed E-state index contributed by atoms with van der Waals surface area (Å²) in [4.78, 5) is 49.1. The fourth-order valence-electron chi connectivity index (χ4n) is 2.59. The van der Waals surface area contributed by atoms with Gasteiger partial charge in [0.1, 0.15) is 21.6 Å². The number of nitrogens with zero attached hydrogens (tertiary/aromatic N) is 2. The zero-order chi connectivity index (χ0) is 22.6. The van der Waals surface area contributed by atoms with Crippen molar-refractivity contribution in [3.05, 3.63) is 34.0 Å². The van der Waals surface area contributed by atoms with Crippen LogP contribution in [0.25, 0.3) is 0 Å². The van der Waals surface area contributed by atoms with Crippen molar-refractivity contribution in [3.63, 3.8) is 0 Å². The van der Waals surface area contributed by atoms with Gasteiger partial charge in [-0.1, -0.05) is 0 Å². The maximum absolute atomic E-state index is 12.8. The average molecular weight is 437 g/mol. The molecule has 162 valence electrons. The Kier molecular flexibility index (Phi) is 7.33. The molecule has 1 amide bonds. The third kappa shape index (κ3) is 4.85. The SMILES string of the molecule is CCOC(=O)c1sc(NC(=O)c2ccnn2C(C)C(=O)O)c(C(=O)OC(C)C)c1C. The van der Waals surface area contributed by atoms with E-state index in [-0.39, 0.29) is 27.7 Å². The fraction of sp³-hybridized carbons (Fsp3) is 0.421. The topological polar surface area (TPSA) is 137 Å². The number of aromatic nitrogens is 2. The minimum Gasteiger partial charge on any atom is -0.480 e. The number of nitrogens with one attached hydrogen (secondary N) is 1. The van der Waals surface area contributed by atoms with Crippen molar-refractivity contribution in [2.24, 2.45) is 0 Å². The molecular weight excluding hydrogens is 414 g/mol. The number of hydrogen-bond donors (Lipinski definition) is 2. The van der Waals surface area contributed by atoms with Crippen LogP contribution in [0.5, 0.6) is 0 Å². The van der Waals surface area contributed by atoms with Crippen LogP contribution in [0.2, 0.25) is 0 Å². The summed E-state index contributed by atoms with van der Waals surface area (Å²) in [6.07, 6.45) is 0.885. The summed E-state index contributed by atoms with van der Waals surface area (Å²) < 4.78 is 11.3. The van der Waals surface area contributed by atoms with Crippen molar-refractivity contribution in [2.45, 2.75) is 46.8 Å². The number of aliphatic carboxylic acids is 1. The highest BCUT2D eigenvalue weighted by Gasteiger charge is 2.29. The van der Waals surface area contributed by atoms with Crippen LogP contribution in [-0.4, -0.2) is 51.4 Å². The third-order valence-electron chi connectivity index (χ3n) is 4.01. The number of esters is 2. The molecular formula is C19H23N3O7S. The van der Waals surface area contributed by atoms with Crippen LogP contribution in [-0.2, 0) is 14.3 Å². The van der Waals surface area contributed by atoms with E-state index in [9.17, 15) is 24.3 Å². The molecule has 0 aromatic carbocycles. The Hall–Kier alpha value is -3.21. The maximum atomic E-state index is 12.8. The molecule has 2 aromatic heterocycles. The zero-order valence-corrected chi connectivity index (χ0v) is 18.0. The molecule has 2 aromatic rings. The monoisotopic (exact) mass is 437 g/mol. The van der Waals surface area contributed by atoms with E-state index < -0.39 is 36.0 Å². The Morgan fingerprint density at radius 2 is 1.90 bits per heavy atom. The van der Waals surface area contributed by atoms with E-state index in [2.05, 4.69) is 10.4 Å². The predicted octanol–water partition coefficient (Wildman–Crippen LogP) is 2.89. The molecule has 0 aliphatic heterocycles. The molecule has 0 bridgehead atoms. The maximum Gasteiger partial charge on any atom is 0.348 e. The van der Waals surface area contributed by atoms with Gasteiger partial charge in [0, 0.05) is 6.20 Å². The van der Waals surface area contributed by atoms with Gasteiger partial charge in [-0.15, -0.1) is 11.3 Å². The lowest BCUT2D eigenvalue weighted by atomic mass is 10.1. The van der Waals surface area contributed by atoms with Gasteiger partial charge in [-0.3, -0.25) is 4.79 Å². The molecule has 0 saturated heterocycles. The molecule has 2 rings (SSSR count). The number of carboxylic acids is 1. The van der Waals surface area contributed by atoms with Gasteiger partial charge in [0.25, 0.3) is 5.91 Å². The van der Waals surface area contributed by atoms with Gasteiger partial charge in [-0.05, 0) is 46.2 Å². The molecule has 1 unspecified atom stereocenters. The van der Waals surface area contributed by atoms with Crippen molar-refractivity contribution in [2.75, 3.05) is 11.9 Å². The average Bonchev–Trinajstić information content (AvgIpc) is 3.25. The Morgan fingerprint density at radius 1 is 1.23 bits per heavy atom. The van der Waals surface area contributed by atoms with Crippen LogP contribution < -0.4 is 5.32 Å². The molecule has 0 fully saturated rings. The van der Waals surface area contributed by atoms with Gasteiger partial charge in [0.05, 0.1) is 18.3 Å². The first-order valence-corrected chi connectivity index (χ1v) is 9.99. The second-order valence-corrected chi connectivity index (χ2v) is 7.58. The summed E-state index contributed by atoms with van der Waals surface area (Å²) in [7, 11) is 0. The van der Waals surface area contributed by atoms with E-state index in [1.807, 2.05) is 0 Å². The lowest BCUT2D eigenvalue weighted by Crippen LogP contribution is -2.24. The second-order valence-electron chi connectivity index (χ2n) is 6.56. The van der Waals surface area contributed by atoms with Crippen LogP contribution in [0, 0.1) is 6.92 Å². The Bertz CT molecular complexity index is 977. The van der Waals surface area contributed by atoms with Crippen LogP contribution in [0.4, 0.5) is 5.00 Å². The fourth-order valence-corrected chi connectivity index (χ4v) is 3.67. The summed E-state index contributed by atoms with van der Waals surface area (Å²) in [6.45, 7) is 8.10. The predicted molar refractivity (Wildman–Crippen MR) is 108 cm³/mol. The van der Waals surface area contributed by atoms with Crippen LogP contribution >= 0.6 is 11.3 Å². The van der Waals surface area contributed by atoms with Gasteiger partial charge in [-0.25, -0.2) is 19.1 Å². The zero-order valence-electron chi connectivity index (χ0n) is 17.2. The van der Waals surface area contributed by atoms with E-state index in [4.69, 9.17) is 9.47 Å². The molecule has 0 aliphatic carbocycles. The number of thiophene rings is 1. The van der Waals surface area contributed by atoms with Gasteiger partial charge in [0.15, 0.2) is 0 Å². The van der Waals surface area contributed by atoms with Crippen molar-refractivity contribution in [1.82, 2.24) is 9.78 Å². The Morgan fingerprint density at radius 3 is 2.47 bits per heavy atom. The molecule has 11 heteroatoms.